The smallest absolute Gasteiger partial charge is 0.203 e. The molecule has 0 saturated heterocycles. The van der Waals surface area contributed by atoms with Crippen LogP contribution in [0.25, 0.3) is 0 Å². The van der Waals surface area contributed by atoms with Crippen molar-refractivity contribution in [2.24, 2.45) is 11.7 Å². The zero-order valence-electron chi connectivity index (χ0n) is 19.6. The Bertz CT molecular complexity index is 731. The highest BCUT2D eigenvalue weighted by Crippen LogP contribution is 2.24. The van der Waals surface area contributed by atoms with Crippen molar-refractivity contribution in [1.29, 1.82) is 0 Å². The molecule has 0 heterocycles. The second-order valence-electron chi connectivity index (χ2n) is 9.22. The van der Waals surface area contributed by atoms with Crippen molar-refractivity contribution < 1.29 is 9.47 Å². The fourth-order valence-electron chi connectivity index (χ4n) is 3.77. The van der Waals surface area contributed by atoms with E-state index in [1.165, 1.54) is 36.8 Å². The molecular formula is C27H41NO2. The maximum atomic E-state index is 6.37. The van der Waals surface area contributed by atoms with Gasteiger partial charge in [-0.3, -0.25) is 0 Å². The Hall–Kier alpha value is -1.84. The molecule has 1 unspecified atom stereocenters. The molecule has 0 aromatic heterocycles. The monoisotopic (exact) mass is 411 g/mol. The lowest BCUT2D eigenvalue weighted by Crippen LogP contribution is -2.32. The molecule has 0 aliphatic rings. The lowest BCUT2D eigenvalue weighted by molar-refractivity contribution is -0.0742. The molecule has 2 aromatic rings. The van der Waals surface area contributed by atoms with Crippen LogP contribution in [-0.2, 0) is 23.1 Å². The summed E-state index contributed by atoms with van der Waals surface area (Å²) in [4.78, 5) is 0. The zero-order chi connectivity index (χ0) is 22.0. The van der Waals surface area contributed by atoms with E-state index in [0.29, 0.717) is 13.0 Å². The van der Waals surface area contributed by atoms with Gasteiger partial charge in [0.25, 0.3) is 0 Å². The summed E-state index contributed by atoms with van der Waals surface area (Å²) in [6, 6.07) is 16.8. The lowest BCUT2D eigenvalue weighted by Gasteiger charge is -2.25. The van der Waals surface area contributed by atoms with Crippen LogP contribution in [0.5, 0.6) is 5.75 Å². The van der Waals surface area contributed by atoms with Crippen molar-refractivity contribution in [1.82, 2.24) is 0 Å². The largest absolute Gasteiger partial charge is 0.465 e. The maximum absolute atomic E-state index is 6.37. The van der Waals surface area contributed by atoms with Crippen LogP contribution in [-0.4, -0.2) is 12.9 Å². The van der Waals surface area contributed by atoms with Gasteiger partial charge in [0, 0.05) is 18.6 Å². The average Bonchev–Trinajstić information content (AvgIpc) is 2.68. The first-order valence-corrected chi connectivity index (χ1v) is 11.5. The van der Waals surface area contributed by atoms with E-state index in [1.54, 1.807) is 0 Å². The van der Waals surface area contributed by atoms with Crippen molar-refractivity contribution in [3.8, 4) is 5.75 Å². The molecule has 30 heavy (non-hydrogen) atoms. The van der Waals surface area contributed by atoms with Gasteiger partial charge in [0.15, 0.2) is 0 Å². The molecule has 0 aliphatic heterocycles. The molecule has 2 aromatic carbocycles. The van der Waals surface area contributed by atoms with Crippen molar-refractivity contribution in [2.45, 2.75) is 85.0 Å². The van der Waals surface area contributed by atoms with Crippen LogP contribution in [0.15, 0.2) is 48.5 Å². The van der Waals surface area contributed by atoms with Crippen molar-refractivity contribution in [2.75, 3.05) is 6.61 Å². The van der Waals surface area contributed by atoms with E-state index < -0.39 is 5.54 Å². The van der Waals surface area contributed by atoms with Gasteiger partial charge >= 0.3 is 0 Å². The number of rotatable bonds is 13. The van der Waals surface area contributed by atoms with Crippen LogP contribution in [0.3, 0.4) is 0 Å². The van der Waals surface area contributed by atoms with Gasteiger partial charge in [0.1, 0.15) is 5.75 Å². The van der Waals surface area contributed by atoms with Gasteiger partial charge in [0.2, 0.25) is 6.29 Å². The van der Waals surface area contributed by atoms with Crippen LogP contribution in [0, 0.1) is 5.92 Å². The van der Waals surface area contributed by atoms with E-state index in [2.05, 4.69) is 50.2 Å². The van der Waals surface area contributed by atoms with Crippen LogP contribution in [0.2, 0.25) is 0 Å². The average molecular weight is 412 g/mol. The molecule has 1 atom stereocenters. The summed E-state index contributed by atoms with van der Waals surface area (Å²) in [6.07, 6.45) is 6.68. The number of benzene rings is 2. The number of aryl methyl sites for hydroxylation is 1. The second-order valence-corrected chi connectivity index (χ2v) is 9.22. The van der Waals surface area contributed by atoms with Crippen LogP contribution in [0.1, 0.15) is 77.0 Å². The third kappa shape index (κ3) is 8.49. The van der Waals surface area contributed by atoms with Crippen molar-refractivity contribution in [3.63, 3.8) is 0 Å². The van der Waals surface area contributed by atoms with Crippen LogP contribution < -0.4 is 10.5 Å². The minimum Gasteiger partial charge on any atom is -0.465 e. The van der Waals surface area contributed by atoms with Gasteiger partial charge in [0.05, 0.1) is 0 Å². The summed E-state index contributed by atoms with van der Waals surface area (Å²) in [5.74, 6) is 1.66. The lowest BCUT2D eigenvalue weighted by atomic mass is 9.89. The van der Waals surface area contributed by atoms with E-state index in [9.17, 15) is 0 Å². The third-order valence-electron chi connectivity index (χ3n) is 5.39. The Morgan fingerprint density at radius 3 is 2.27 bits per heavy atom. The topological polar surface area (TPSA) is 44.5 Å². The number of hydrogen-bond donors (Lipinski definition) is 1. The van der Waals surface area contributed by atoms with Gasteiger partial charge in [-0.1, -0.05) is 69.5 Å². The molecule has 0 fully saturated rings. The Labute approximate surface area is 184 Å². The summed E-state index contributed by atoms with van der Waals surface area (Å²) in [7, 11) is 0. The van der Waals surface area contributed by atoms with Gasteiger partial charge in [-0.05, 0) is 68.4 Å². The molecule has 0 saturated carbocycles. The molecule has 0 radical (unpaired) electrons. The summed E-state index contributed by atoms with van der Waals surface area (Å²) in [5, 5.41) is 0. The summed E-state index contributed by atoms with van der Waals surface area (Å²) in [5.41, 5.74) is 9.64. The van der Waals surface area contributed by atoms with Crippen molar-refractivity contribution in [3.05, 3.63) is 65.2 Å². The summed E-state index contributed by atoms with van der Waals surface area (Å²) >= 11 is 0. The first-order chi connectivity index (χ1) is 14.3. The van der Waals surface area contributed by atoms with Gasteiger partial charge < -0.3 is 15.2 Å². The minimum atomic E-state index is -0.399. The number of nitrogens with two attached hydrogens (primary N) is 1. The maximum Gasteiger partial charge on any atom is 0.203 e. The number of unbranched alkanes of at least 4 members (excludes halogenated alkanes) is 2. The first-order valence-electron chi connectivity index (χ1n) is 11.5. The van der Waals surface area contributed by atoms with E-state index in [4.69, 9.17) is 15.2 Å². The van der Waals surface area contributed by atoms with Gasteiger partial charge in [-0.15, -0.1) is 0 Å². The molecule has 3 heteroatoms. The Kier molecular flexibility index (Phi) is 9.87. The minimum absolute atomic E-state index is 0.333. The van der Waals surface area contributed by atoms with Gasteiger partial charge in [-0.25, -0.2) is 0 Å². The number of hydrogen-bond acceptors (Lipinski definition) is 3. The van der Waals surface area contributed by atoms with E-state index in [0.717, 1.165) is 23.7 Å². The molecule has 0 bridgehead atoms. The predicted molar refractivity (Wildman–Crippen MR) is 127 cm³/mol. The van der Waals surface area contributed by atoms with Crippen LogP contribution in [0.4, 0.5) is 0 Å². The molecule has 0 aliphatic carbocycles. The van der Waals surface area contributed by atoms with Crippen molar-refractivity contribution >= 4 is 0 Å². The first kappa shape index (κ1) is 24.4. The van der Waals surface area contributed by atoms with E-state index in [1.807, 2.05) is 32.9 Å². The molecular weight excluding hydrogens is 370 g/mol. The van der Waals surface area contributed by atoms with E-state index >= 15 is 0 Å². The normalized spacial score (nSPS) is 12.9. The highest BCUT2D eigenvalue weighted by Gasteiger charge is 2.21. The fraction of sp³-hybridized carbons (Fsp3) is 0.556. The summed E-state index contributed by atoms with van der Waals surface area (Å²) < 4.78 is 12.1. The van der Waals surface area contributed by atoms with E-state index in [-0.39, 0.29) is 6.29 Å². The highest BCUT2D eigenvalue weighted by molar-refractivity contribution is 5.33. The molecule has 2 rings (SSSR count). The second kappa shape index (κ2) is 12.1. The SMILES string of the molecule is CCOC(Cc1ccccc1C(C)(C)N)Oc1ccc(CCCCCC(C)C)cc1. The zero-order valence-corrected chi connectivity index (χ0v) is 19.6. The molecule has 0 amide bonds. The molecule has 3 nitrogen and oxygen atoms in total. The fourth-order valence-corrected chi connectivity index (χ4v) is 3.77. The Balaban J connectivity index is 1.94. The number of ether oxygens (including phenoxy) is 2. The standard InChI is InChI=1S/C27H41NO2/c1-6-29-26(20-23-14-10-11-15-25(23)27(4,5)28)30-24-18-16-22(17-19-24)13-9-7-8-12-21(2)3/h10-11,14-19,21,26H,6-9,12-13,20,28H2,1-5H3. The Morgan fingerprint density at radius 2 is 1.63 bits per heavy atom. The van der Waals surface area contributed by atoms with Gasteiger partial charge in [-0.2, -0.15) is 0 Å². The summed E-state index contributed by atoms with van der Waals surface area (Å²) in [6.45, 7) is 11.3. The highest BCUT2D eigenvalue weighted by atomic mass is 16.7. The van der Waals surface area contributed by atoms with Crippen LogP contribution >= 0.6 is 0 Å². The Morgan fingerprint density at radius 1 is 0.933 bits per heavy atom. The molecule has 166 valence electrons. The third-order valence-corrected chi connectivity index (χ3v) is 5.39. The molecule has 2 N–H and O–H groups in total. The predicted octanol–water partition coefficient (Wildman–Crippen LogP) is 6.62. The molecule has 0 spiro atoms. The quantitative estimate of drug-likeness (QED) is 0.297.